The molecule has 78 valence electrons. The van der Waals surface area contributed by atoms with Crippen molar-refractivity contribution in [3.05, 3.63) is 30.3 Å². The molecule has 0 amide bonds. The molecule has 0 aliphatic carbocycles. The molecule has 0 atom stereocenters. The second kappa shape index (κ2) is 5.52. The number of aldehydes is 1. The van der Waals surface area contributed by atoms with Crippen molar-refractivity contribution in [3.8, 4) is 11.5 Å². The van der Waals surface area contributed by atoms with Crippen molar-refractivity contribution >= 4 is 19.5 Å². The fraction of sp³-hybridized carbons (Fsp3) is 0.308. The van der Waals surface area contributed by atoms with Crippen LogP contribution in [0.25, 0.3) is 0 Å². The van der Waals surface area contributed by atoms with Crippen LogP contribution in [-0.4, -0.2) is 14.4 Å². The van der Waals surface area contributed by atoms with E-state index in [1.807, 2.05) is 6.07 Å². The smallest absolute Gasteiger partial charge is 0.162 e. The van der Waals surface area contributed by atoms with Crippen molar-refractivity contribution in [1.29, 1.82) is 0 Å². The maximum absolute atomic E-state index is 10.1. The zero-order chi connectivity index (χ0) is 11.1. The lowest BCUT2D eigenvalue weighted by atomic mass is 10.3. The first-order chi connectivity index (χ1) is 7.17. The van der Waals surface area contributed by atoms with Crippen LogP contribution in [0.15, 0.2) is 30.3 Å². The van der Waals surface area contributed by atoms with Crippen molar-refractivity contribution in [2.75, 3.05) is 0 Å². The van der Waals surface area contributed by atoms with Crippen LogP contribution >= 0.6 is 0 Å². The Morgan fingerprint density at radius 2 is 1.93 bits per heavy atom. The molecule has 0 fully saturated rings. The lowest BCUT2D eigenvalue weighted by Gasteiger charge is -2.14. The molecule has 0 heterocycles. The molecule has 0 aliphatic heterocycles. The highest BCUT2D eigenvalue weighted by molar-refractivity contribution is 6.96. The predicted octanol–water partition coefficient (Wildman–Crippen LogP) is 2.12. The molecule has 0 aliphatic rings. The zero-order valence-electron chi connectivity index (χ0n) is 9.29. The van der Waals surface area contributed by atoms with Crippen molar-refractivity contribution in [2.45, 2.75) is 25.9 Å². The largest absolute Gasteiger partial charge is 0.303 e. The summed E-state index contributed by atoms with van der Waals surface area (Å²) in [6.45, 7) is 4.46. The van der Waals surface area contributed by atoms with E-state index in [4.69, 9.17) is 0 Å². The van der Waals surface area contributed by atoms with Gasteiger partial charge in [-0.2, -0.15) is 0 Å². The molecule has 1 nitrogen and oxygen atoms in total. The number of hydrogen-bond acceptors (Lipinski definition) is 1. The van der Waals surface area contributed by atoms with Gasteiger partial charge in [0.2, 0.25) is 0 Å². The summed E-state index contributed by atoms with van der Waals surface area (Å²) in [7, 11) is -1.61. The van der Waals surface area contributed by atoms with Gasteiger partial charge < -0.3 is 4.79 Å². The third-order valence-electron chi connectivity index (χ3n) is 2.28. The maximum Gasteiger partial charge on any atom is 0.162 e. The van der Waals surface area contributed by atoms with Gasteiger partial charge in [-0.1, -0.05) is 43.4 Å². The molecule has 0 saturated carbocycles. The third-order valence-corrected chi connectivity index (χ3v) is 4.86. The van der Waals surface area contributed by atoms with E-state index < -0.39 is 8.07 Å². The van der Waals surface area contributed by atoms with Crippen LogP contribution in [0.2, 0.25) is 13.1 Å². The zero-order valence-corrected chi connectivity index (χ0v) is 10.3. The Balaban J connectivity index is 2.73. The van der Waals surface area contributed by atoms with Crippen LogP contribution in [-0.2, 0) is 4.79 Å². The van der Waals surface area contributed by atoms with E-state index in [2.05, 4.69) is 48.8 Å². The molecule has 1 aromatic carbocycles. The standard InChI is InChI=1S/C13H16OSi/c1-15(2,12-8-4-7-11-14)13-9-5-3-6-10-13/h3,5-6,9-11H,4,7H2,1-2H3. The molecule has 1 aromatic rings. The topological polar surface area (TPSA) is 17.1 Å². The van der Waals surface area contributed by atoms with Crippen LogP contribution in [0.5, 0.6) is 0 Å². The summed E-state index contributed by atoms with van der Waals surface area (Å²) in [5.74, 6) is 3.11. The van der Waals surface area contributed by atoms with Gasteiger partial charge in [0.05, 0.1) is 0 Å². The molecule has 0 N–H and O–H groups in total. The normalized spacial score (nSPS) is 10.3. The molecule has 0 aromatic heterocycles. The second-order valence-electron chi connectivity index (χ2n) is 4.00. The van der Waals surface area contributed by atoms with Gasteiger partial charge in [-0.15, -0.1) is 11.5 Å². The fourth-order valence-corrected chi connectivity index (χ4v) is 3.08. The van der Waals surface area contributed by atoms with Gasteiger partial charge in [-0.05, 0) is 5.19 Å². The average molecular weight is 216 g/mol. The van der Waals surface area contributed by atoms with Gasteiger partial charge in [-0.3, -0.25) is 0 Å². The lowest BCUT2D eigenvalue weighted by molar-refractivity contribution is -0.107. The summed E-state index contributed by atoms with van der Waals surface area (Å²) in [5, 5.41) is 1.35. The molecule has 0 unspecified atom stereocenters. The summed E-state index contributed by atoms with van der Waals surface area (Å²) < 4.78 is 0. The van der Waals surface area contributed by atoms with Crippen molar-refractivity contribution in [1.82, 2.24) is 0 Å². The summed E-state index contributed by atoms with van der Waals surface area (Å²) in [5.41, 5.74) is 3.34. The van der Waals surface area contributed by atoms with Gasteiger partial charge in [0, 0.05) is 12.8 Å². The Hall–Kier alpha value is -1.33. The number of carbonyl (C=O) groups is 1. The monoisotopic (exact) mass is 216 g/mol. The van der Waals surface area contributed by atoms with Crippen molar-refractivity contribution in [2.24, 2.45) is 0 Å². The second-order valence-corrected chi connectivity index (χ2v) is 8.08. The number of unbranched alkanes of at least 4 members (excludes halogenated alkanes) is 1. The third kappa shape index (κ3) is 3.73. The van der Waals surface area contributed by atoms with E-state index in [-0.39, 0.29) is 0 Å². The Morgan fingerprint density at radius 3 is 2.53 bits per heavy atom. The van der Waals surface area contributed by atoms with Crippen molar-refractivity contribution < 1.29 is 4.79 Å². The minimum Gasteiger partial charge on any atom is -0.303 e. The maximum atomic E-state index is 10.1. The summed E-state index contributed by atoms with van der Waals surface area (Å²) in [6, 6.07) is 10.4. The molecule has 2 heteroatoms. The van der Waals surface area contributed by atoms with Crippen LogP contribution in [0.1, 0.15) is 12.8 Å². The number of rotatable bonds is 3. The van der Waals surface area contributed by atoms with Crippen LogP contribution < -0.4 is 5.19 Å². The summed E-state index contributed by atoms with van der Waals surface area (Å²) in [6.07, 6.45) is 2.16. The Morgan fingerprint density at radius 1 is 1.27 bits per heavy atom. The Bertz CT molecular complexity index is 371. The minimum atomic E-state index is -1.61. The SMILES string of the molecule is C[Si](C)(C#CCCC=O)c1ccccc1. The highest BCUT2D eigenvalue weighted by Gasteiger charge is 2.19. The number of hydrogen-bond donors (Lipinski definition) is 0. The summed E-state index contributed by atoms with van der Waals surface area (Å²) in [4.78, 5) is 10.1. The van der Waals surface area contributed by atoms with E-state index in [0.29, 0.717) is 12.8 Å². The Kier molecular flexibility index (Phi) is 4.32. The Labute approximate surface area is 92.5 Å². The molecular weight excluding hydrogens is 200 g/mol. The highest BCUT2D eigenvalue weighted by Crippen LogP contribution is 2.01. The average Bonchev–Trinajstić information content (AvgIpc) is 2.26. The van der Waals surface area contributed by atoms with Crippen molar-refractivity contribution in [3.63, 3.8) is 0 Å². The van der Waals surface area contributed by atoms with Crippen LogP contribution in [0.3, 0.4) is 0 Å². The van der Waals surface area contributed by atoms with Crippen LogP contribution in [0, 0.1) is 11.5 Å². The first kappa shape index (κ1) is 11.7. The first-order valence-electron chi connectivity index (χ1n) is 5.16. The number of carbonyl (C=O) groups excluding carboxylic acids is 1. The highest BCUT2D eigenvalue weighted by atomic mass is 28.3. The van der Waals surface area contributed by atoms with Gasteiger partial charge in [0.1, 0.15) is 6.29 Å². The van der Waals surface area contributed by atoms with Gasteiger partial charge in [0.25, 0.3) is 0 Å². The lowest BCUT2D eigenvalue weighted by Crippen LogP contribution is -2.39. The molecule has 0 saturated heterocycles. The van der Waals surface area contributed by atoms with Gasteiger partial charge in [0.15, 0.2) is 8.07 Å². The minimum absolute atomic E-state index is 0.548. The van der Waals surface area contributed by atoms with E-state index in [0.717, 1.165) is 6.29 Å². The van der Waals surface area contributed by atoms with Gasteiger partial charge in [-0.25, -0.2) is 0 Å². The van der Waals surface area contributed by atoms with Crippen LogP contribution in [0.4, 0.5) is 0 Å². The van der Waals surface area contributed by atoms with E-state index in [9.17, 15) is 4.79 Å². The van der Waals surface area contributed by atoms with Gasteiger partial charge >= 0.3 is 0 Å². The van der Waals surface area contributed by atoms with E-state index >= 15 is 0 Å². The van der Waals surface area contributed by atoms with E-state index in [1.54, 1.807) is 0 Å². The molecular formula is C13H16OSi. The van der Waals surface area contributed by atoms with E-state index in [1.165, 1.54) is 5.19 Å². The first-order valence-corrected chi connectivity index (χ1v) is 8.16. The molecule has 0 bridgehead atoms. The molecule has 15 heavy (non-hydrogen) atoms. The predicted molar refractivity (Wildman–Crippen MR) is 66.6 cm³/mol. The molecule has 1 rings (SSSR count). The fourth-order valence-electron chi connectivity index (χ4n) is 1.34. The number of benzene rings is 1. The molecule has 0 radical (unpaired) electrons. The quantitative estimate of drug-likeness (QED) is 0.327. The summed E-state index contributed by atoms with van der Waals surface area (Å²) >= 11 is 0. The molecule has 0 spiro atoms.